The highest BCUT2D eigenvalue weighted by molar-refractivity contribution is 7.09. The molecule has 114 valence electrons. The van der Waals surface area contributed by atoms with Gasteiger partial charge in [-0.1, -0.05) is 0 Å². The van der Waals surface area contributed by atoms with Crippen LogP contribution in [0.3, 0.4) is 0 Å². The predicted molar refractivity (Wildman–Crippen MR) is 81.0 cm³/mol. The number of carbonyl (C=O) groups excluding carboxylic acids is 2. The van der Waals surface area contributed by atoms with Gasteiger partial charge in [0.15, 0.2) is 0 Å². The highest BCUT2D eigenvalue weighted by atomic mass is 32.1. The van der Waals surface area contributed by atoms with Crippen molar-refractivity contribution in [2.45, 2.75) is 32.6 Å². The van der Waals surface area contributed by atoms with Crippen LogP contribution >= 0.6 is 11.3 Å². The normalized spacial score (nSPS) is 21.9. The van der Waals surface area contributed by atoms with Gasteiger partial charge in [0, 0.05) is 37.9 Å². The second kappa shape index (κ2) is 6.13. The maximum atomic E-state index is 12.1. The average molecular weight is 307 g/mol. The lowest BCUT2D eigenvalue weighted by molar-refractivity contribution is -0.129. The molecule has 0 radical (unpaired) electrons. The molecule has 1 saturated carbocycles. The zero-order chi connectivity index (χ0) is 14.8. The standard InChI is InChI=1S/C15H21N3O2S/c1-10-17-13(9-21-10)4-5-16-15(20)12-6-14(19)18(8-12)7-11-2-3-11/h9,11-12H,2-8H2,1H3,(H,16,20)/t12-/m0/s1. The first-order chi connectivity index (χ1) is 10.1. The summed E-state index contributed by atoms with van der Waals surface area (Å²) >= 11 is 1.63. The Morgan fingerprint density at radius 2 is 2.33 bits per heavy atom. The van der Waals surface area contributed by atoms with E-state index in [-0.39, 0.29) is 17.7 Å². The highest BCUT2D eigenvalue weighted by Crippen LogP contribution is 2.31. The van der Waals surface area contributed by atoms with Gasteiger partial charge in [-0.3, -0.25) is 9.59 Å². The van der Waals surface area contributed by atoms with Crippen molar-refractivity contribution in [3.05, 3.63) is 16.1 Å². The van der Waals surface area contributed by atoms with Gasteiger partial charge in [0.1, 0.15) is 0 Å². The van der Waals surface area contributed by atoms with Crippen LogP contribution in [-0.4, -0.2) is 41.3 Å². The maximum Gasteiger partial charge on any atom is 0.225 e. The molecule has 1 N–H and O–H groups in total. The maximum absolute atomic E-state index is 12.1. The SMILES string of the molecule is Cc1nc(CCNC(=O)[C@H]2CC(=O)N(CC3CC3)C2)cs1. The zero-order valence-corrected chi connectivity index (χ0v) is 13.1. The molecule has 0 bridgehead atoms. The summed E-state index contributed by atoms with van der Waals surface area (Å²) in [4.78, 5) is 30.3. The van der Waals surface area contributed by atoms with E-state index in [0.29, 0.717) is 25.4 Å². The molecule has 1 atom stereocenters. The molecule has 3 rings (SSSR count). The van der Waals surface area contributed by atoms with Gasteiger partial charge >= 0.3 is 0 Å². The molecule has 2 aliphatic rings. The fourth-order valence-electron chi connectivity index (χ4n) is 2.72. The van der Waals surface area contributed by atoms with E-state index in [1.54, 1.807) is 11.3 Å². The number of hydrogen-bond acceptors (Lipinski definition) is 4. The number of nitrogens with zero attached hydrogens (tertiary/aromatic N) is 2. The molecule has 1 aromatic heterocycles. The molecule has 0 unspecified atom stereocenters. The Bertz CT molecular complexity index is 539. The first-order valence-electron chi connectivity index (χ1n) is 7.58. The van der Waals surface area contributed by atoms with Crippen LogP contribution in [0.5, 0.6) is 0 Å². The summed E-state index contributed by atoms with van der Waals surface area (Å²) in [6.07, 6.45) is 3.58. The average Bonchev–Trinajstić information content (AvgIpc) is 3.06. The smallest absolute Gasteiger partial charge is 0.225 e. The minimum atomic E-state index is -0.173. The molecule has 6 heteroatoms. The lowest BCUT2D eigenvalue weighted by Gasteiger charge is -2.15. The van der Waals surface area contributed by atoms with Crippen molar-refractivity contribution in [1.82, 2.24) is 15.2 Å². The Morgan fingerprint density at radius 3 is 3.00 bits per heavy atom. The van der Waals surface area contributed by atoms with Crippen molar-refractivity contribution in [2.24, 2.45) is 11.8 Å². The highest BCUT2D eigenvalue weighted by Gasteiger charge is 2.36. The van der Waals surface area contributed by atoms with E-state index in [1.807, 2.05) is 17.2 Å². The molecular weight excluding hydrogens is 286 g/mol. The number of carbonyl (C=O) groups is 2. The third kappa shape index (κ3) is 3.81. The lowest BCUT2D eigenvalue weighted by atomic mass is 10.1. The number of hydrogen-bond donors (Lipinski definition) is 1. The monoisotopic (exact) mass is 307 g/mol. The molecule has 2 fully saturated rings. The van der Waals surface area contributed by atoms with Crippen LogP contribution in [0, 0.1) is 18.8 Å². The fourth-order valence-corrected chi connectivity index (χ4v) is 3.36. The molecule has 1 saturated heterocycles. The second-order valence-corrected chi connectivity index (χ2v) is 7.10. The Morgan fingerprint density at radius 1 is 1.52 bits per heavy atom. The van der Waals surface area contributed by atoms with Crippen LogP contribution in [0.15, 0.2) is 5.38 Å². The van der Waals surface area contributed by atoms with Gasteiger partial charge in [-0.05, 0) is 25.7 Å². The van der Waals surface area contributed by atoms with E-state index in [0.717, 1.165) is 23.7 Å². The van der Waals surface area contributed by atoms with Crippen LogP contribution < -0.4 is 5.32 Å². The molecule has 1 aliphatic carbocycles. The van der Waals surface area contributed by atoms with Crippen molar-refractivity contribution in [1.29, 1.82) is 0 Å². The third-order valence-electron chi connectivity index (χ3n) is 4.11. The molecule has 5 nitrogen and oxygen atoms in total. The molecule has 1 aromatic rings. The predicted octanol–water partition coefficient (Wildman–Crippen LogP) is 1.37. The van der Waals surface area contributed by atoms with E-state index in [2.05, 4.69) is 10.3 Å². The number of nitrogens with one attached hydrogen (secondary N) is 1. The van der Waals surface area contributed by atoms with Crippen molar-refractivity contribution in [3.8, 4) is 0 Å². The molecular formula is C15H21N3O2S. The van der Waals surface area contributed by atoms with Gasteiger partial charge in [0.25, 0.3) is 0 Å². The summed E-state index contributed by atoms with van der Waals surface area (Å²) in [5.41, 5.74) is 1.02. The van der Waals surface area contributed by atoms with Gasteiger partial charge in [-0.2, -0.15) is 0 Å². The van der Waals surface area contributed by atoms with Crippen molar-refractivity contribution >= 4 is 23.2 Å². The van der Waals surface area contributed by atoms with E-state index >= 15 is 0 Å². The molecule has 0 aromatic carbocycles. The molecule has 21 heavy (non-hydrogen) atoms. The number of likely N-dealkylation sites (tertiary alicyclic amines) is 1. The van der Waals surface area contributed by atoms with Crippen LogP contribution in [0.4, 0.5) is 0 Å². The largest absolute Gasteiger partial charge is 0.355 e. The number of rotatable bonds is 6. The second-order valence-electron chi connectivity index (χ2n) is 6.04. The Kier molecular flexibility index (Phi) is 4.24. The first kappa shape index (κ1) is 14.5. The van der Waals surface area contributed by atoms with Gasteiger partial charge in [0.05, 0.1) is 16.6 Å². The summed E-state index contributed by atoms with van der Waals surface area (Å²) in [7, 11) is 0. The molecule has 0 spiro atoms. The fraction of sp³-hybridized carbons (Fsp3) is 0.667. The summed E-state index contributed by atoms with van der Waals surface area (Å²) in [6, 6.07) is 0. The molecule has 2 amide bonds. The minimum Gasteiger partial charge on any atom is -0.355 e. The zero-order valence-electron chi connectivity index (χ0n) is 12.3. The van der Waals surface area contributed by atoms with Crippen LogP contribution in [0.1, 0.15) is 30.0 Å². The minimum absolute atomic E-state index is 0.00796. The van der Waals surface area contributed by atoms with Gasteiger partial charge < -0.3 is 10.2 Å². The van der Waals surface area contributed by atoms with Crippen molar-refractivity contribution in [2.75, 3.05) is 19.6 Å². The van der Waals surface area contributed by atoms with Gasteiger partial charge in [0.2, 0.25) is 11.8 Å². The molecule has 1 aliphatic heterocycles. The van der Waals surface area contributed by atoms with Crippen LogP contribution in [0.25, 0.3) is 0 Å². The Balaban J connectivity index is 1.41. The Hall–Kier alpha value is -1.43. The van der Waals surface area contributed by atoms with E-state index < -0.39 is 0 Å². The van der Waals surface area contributed by atoms with Gasteiger partial charge in [-0.15, -0.1) is 11.3 Å². The summed E-state index contributed by atoms with van der Waals surface area (Å²) in [5, 5.41) is 6.01. The number of amides is 2. The van der Waals surface area contributed by atoms with Gasteiger partial charge in [-0.25, -0.2) is 4.98 Å². The quantitative estimate of drug-likeness (QED) is 0.863. The van der Waals surface area contributed by atoms with Crippen LogP contribution in [0.2, 0.25) is 0 Å². The first-order valence-corrected chi connectivity index (χ1v) is 8.46. The Labute approximate surface area is 128 Å². The van der Waals surface area contributed by atoms with E-state index in [4.69, 9.17) is 0 Å². The number of aryl methyl sites for hydroxylation is 1. The third-order valence-corrected chi connectivity index (χ3v) is 4.93. The van der Waals surface area contributed by atoms with E-state index in [1.165, 1.54) is 12.8 Å². The van der Waals surface area contributed by atoms with Crippen molar-refractivity contribution in [3.63, 3.8) is 0 Å². The summed E-state index contributed by atoms with van der Waals surface area (Å²) < 4.78 is 0. The van der Waals surface area contributed by atoms with Crippen molar-refractivity contribution < 1.29 is 9.59 Å². The molecule has 2 heterocycles. The summed E-state index contributed by atoms with van der Waals surface area (Å²) in [6.45, 7) is 4.01. The van der Waals surface area contributed by atoms with E-state index in [9.17, 15) is 9.59 Å². The number of aromatic nitrogens is 1. The lowest BCUT2D eigenvalue weighted by Crippen LogP contribution is -2.34. The van der Waals surface area contributed by atoms with Crippen LogP contribution in [-0.2, 0) is 16.0 Å². The topological polar surface area (TPSA) is 62.3 Å². The summed E-state index contributed by atoms with van der Waals surface area (Å²) in [5.74, 6) is 0.655. The number of thiazole rings is 1.